The number of carbonyl (C=O) groups is 2. The third kappa shape index (κ3) is 3.21. The van der Waals surface area contributed by atoms with Gasteiger partial charge in [0.05, 0.1) is 6.33 Å². The van der Waals surface area contributed by atoms with Crippen LogP contribution in [0, 0.1) is 0 Å². The lowest BCUT2D eigenvalue weighted by atomic mass is 10.1. The average Bonchev–Trinajstić information content (AvgIpc) is 3.40. The summed E-state index contributed by atoms with van der Waals surface area (Å²) in [6, 6.07) is 9.91. The fourth-order valence-corrected chi connectivity index (χ4v) is 3.95. The molecule has 0 unspecified atom stereocenters. The number of anilines is 2. The summed E-state index contributed by atoms with van der Waals surface area (Å²) < 4.78 is 1.59. The molecule has 0 spiro atoms. The topological polar surface area (TPSA) is 61.7 Å². The first-order valence-electron chi connectivity index (χ1n) is 9.03. The summed E-state index contributed by atoms with van der Waals surface area (Å²) in [6.07, 6.45) is 1.52. The molecule has 1 aromatic carbocycles. The Morgan fingerprint density at radius 2 is 1.86 bits per heavy atom. The third-order valence-corrected chi connectivity index (χ3v) is 5.89. The number of thiophene rings is 1. The number of benzene rings is 1. The minimum Gasteiger partial charge on any atom is -0.315 e. The predicted molar refractivity (Wildman–Crippen MR) is 115 cm³/mol. The van der Waals surface area contributed by atoms with E-state index in [1.54, 1.807) is 46.8 Å². The maximum absolute atomic E-state index is 12.9. The normalized spacial score (nSPS) is 13.6. The first-order valence-corrected chi connectivity index (χ1v) is 9.97. The van der Waals surface area contributed by atoms with Gasteiger partial charge < -0.3 is 14.4 Å². The Kier molecular flexibility index (Phi) is 4.71. The van der Waals surface area contributed by atoms with Crippen LogP contribution in [0.25, 0.3) is 11.1 Å². The number of imidazole rings is 1. The number of hydrogen-bond acceptors (Lipinski definition) is 5. The SMILES string of the molecule is C=C1N(C)C(=O)c2c(ncn2CC(=O)N(C)c2ccc(-c3ccsc3)cc2)N1C. The van der Waals surface area contributed by atoms with Gasteiger partial charge in [-0.25, -0.2) is 4.98 Å². The fraction of sp³-hybridized carbons (Fsp3) is 0.190. The lowest BCUT2D eigenvalue weighted by Gasteiger charge is -2.33. The van der Waals surface area contributed by atoms with Gasteiger partial charge in [-0.2, -0.15) is 11.3 Å². The van der Waals surface area contributed by atoms with Crippen LogP contribution in [0.4, 0.5) is 11.5 Å². The molecule has 4 rings (SSSR count). The van der Waals surface area contributed by atoms with Gasteiger partial charge in [-0.1, -0.05) is 18.7 Å². The summed E-state index contributed by atoms with van der Waals surface area (Å²) in [4.78, 5) is 34.6. The zero-order valence-electron chi connectivity index (χ0n) is 16.5. The minimum atomic E-state index is -0.226. The molecule has 0 radical (unpaired) electrons. The van der Waals surface area contributed by atoms with E-state index in [0.29, 0.717) is 17.3 Å². The van der Waals surface area contributed by atoms with E-state index >= 15 is 0 Å². The summed E-state index contributed by atoms with van der Waals surface area (Å²) in [6.45, 7) is 3.92. The summed E-state index contributed by atoms with van der Waals surface area (Å²) in [5, 5.41) is 4.13. The van der Waals surface area contributed by atoms with Crippen molar-refractivity contribution in [1.82, 2.24) is 14.5 Å². The molecule has 0 aliphatic carbocycles. The molecule has 0 fully saturated rings. The molecule has 2 aromatic heterocycles. The summed E-state index contributed by atoms with van der Waals surface area (Å²) in [5.41, 5.74) is 3.44. The van der Waals surface area contributed by atoms with Crippen LogP contribution in [-0.4, -0.2) is 47.4 Å². The smallest absolute Gasteiger partial charge is 0.279 e. The average molecular weight is 407 g/mol. The molecule has 1 aliphatic rings. The second-order valence-corrected chi connectivity index (χ2v) is 7.68. The van der Waals surface area contributed by atoms with E-state index in [1.165, 1.54) is 11.2 Å². The highest BCUT2D eigenvalue weighted by Crippen LogP contribution is 2.29. The Bertz CT molecular complexity index is 1080. The molecule has 0 N–H and O–H groups in total. The number of amides is 2. The van der Waals surface area contributed by atoms with Crippen molar-refractivity contribution in [3.63, 3.8) is 0 Å². The molecule has 29 heavy (non-hydrogen) atoms. The van der Waals surface area contributed by atoms with E-state index in [2.05, 4.69) is 23.0 Å². The first-order chi connectivity index (χ1) is 13.9. The van der Waals surface area contributed by atoms with Gasteiger partial charge in [0.25, 0.3) is 5.91 Å². The van der Waals surface area contributed by atoms with E-state index < -0.39 is 0 Å². The number of hydrogen-bond donors (Lipinski definition) is 0. The van der Waals surface area contributed by atoms with E-state index in [1.807, 2.05) is 29.6 Å². The van der Waals surface area contributed by atoms with Crippen molar-refractivity contribution in [1.29, 1.82) is 0 Å². The van der Waals surface area contributed by atoms with Crippen molar-refractivity contribution in [2.75, 3.05) is 30.9 Å². The second-order valence-electron chi connectivity index (χ2n) is 6.90. The number of likely N-dealkylation sites (N-methyl/N-ethyl adjacent to an activating group) is 1. The maximum Gasteiger partial charge on any atom is 0.279 e. The number of nitrogens with zero attached hydrogens (tertiary/aromatic N) is 5. The van der Waals surface area contributed by atoms with Crippen LogP contribution in [-0.2, 0) is 11.3 Å². The molecule has 3 heterocycles. The molecule has 8 heteroatoms. The van der Waals surface area contributed by atoms with Crippen molar-refractivity contribution >= 4 is 34.7 Å². The Hall–Kier alpha value is -3.39. The largest absolute Gasteiger partial charge is 0.315 e. The number of aromatic nitrogens is 2. The Morgan fingerprint density at radius 3 is 2.52 bits per heavy atom. The van der Waals surface area contributed by atoms with Crippen molar-refractivity contribution in [2.45, 2.75) is 6.54 Å². The molecule has 0 bridgehead atoms. The van der Waals surface area contributed by atoms with Gasteiger partial charge in [-0.3, -0.25) is 14.5 Å². The summed E-state index contributed by atoms with van der Waals surface area (Å²) in [7, 11) is 5.18. The Balaban J connectivity index is 1.54. The Labute approximate surface area is 173 Å². The minimum absolute atomic E-state index is 0.0189. The molecule has 0 saturated heterocycles. The highest BCUT2D eigenvalue weighted by atomic mass is 32.1. The molecule has 148 valence electrons. The first kappa shape index (κ1) is 18.9. The van der Waals surface area contributed by atoms with Crippen molar-refractivity contribution < 1.29 is 9.59 Å². The number of fused-ring (bicyclic) bond motifs is 1. The molecular formula is C21H21N5O2S. The number of carbonyl (C=O) groups excluding carboxylic acids is 2. The molecule has 3 aromatic rings. The molecule has 0 saturated carbocycles. The van der Waals surface area contributed by atoms with Gasteiger partial charge in [0.15, 0.2) is 11.5 Å². The lowest BCUT2D eigenvalue weighted by Crippen LogP contribution is -2.41. The lowest BCUT2D eigenvalue weighted by molar-refractivity contribution is -0.118. The number of rotatable bonds is 4. The molecule has 1 aliphatic heterocycles. The van der Waals surface area contributed by atoms with Crippen LogP contribution in [0.15, 0.2) is 59.8 Å². The zero-order chi connectivity index (χ0) is 20.7. The van der Waals surface area contributed by atoms with Crippen LogP contribution in [0.2, 0.25) is 0 Å². The summed E-state index contributed by atoms with van der Waals surface area (Å²) >= 11 is 1.65. The van der Waals surface area contributed by atoms with E-state index in [9.17, 15) is 9.59 Å². The van der Waals surface area contributed by atoms with E-state index in [4.69, 9.17) is 0 Å². The molecule has 2 amide bonds. The molecule has 0 atom stereocenters. The fourth-order valence-electron chi connectivity index (χ4n) is 3.28. The van der Waals surface area contributed by atoms with Gasteiger partial charge in [0.1, 0.15) is 12.4 Å². The zero-order valence-corrected chi connectivity index (χ0v) is 17.3. The van der Waals surface area contributed by atoms with Gasteiger partial charge >= 0.3 is 0 Å². The van der Waals surface area contributed by atoms with E-state index in [0.717, 1.165) is 16.8 Å². The van der Waals surface area contributed by atoms with Gasteiger partial charge in [0, 0.05) is 26.8 Å². The highest BCUT2D eigenvalue weighted by molar-refractivity contribution is 7.08. The van der Waals surface area contributed by atoms with Crippen LogP contribution in [0.5, 0.6) is 0 Å². The van der Waals surface area contributed by atoms with Crippen LogP contribution in [0.1, 0.15) is 10.5 Å². The molecule has 7 nitrogen and oxygen atoms in total. The van der Waals surface area contributed by atoms with E-state index in [-0.39, 0.29) is 18.4 Å². The molecular weight excluding hydrogens is 386 g/mol. The van der Waals surface area contributed by atoms with Gasteiger partial charge in [0.2, 0.25) is 5.91 Å². The van der Waals surface area contributed by atoms with Gasteiger partial charge in [-0.05, 0) is 40.1 Å². The standard InChI is InChI=1S/C21H21N5O2S/c1-14-23(2)20-19(21(28)24(14)3)26(13-22-20)11-18(27)25(4)17-7-5-15(6-8-17)16-9-10-29-12-16/h5-10,12-13H,1,11H2,2-4H3. The second kappa shape index (κ2) is 7.21. The monoisotopic (exact) mass is 407 g/mol. The van der Waals surface area contributed by atoms with Crippen LogP contribution >= 0.6 is 11.3 Å². The third-order valence-electron chi connectivity index (χ3n) is 5.21. The van der Waals surface area contributed by atoms with Crippen molar-refractivity contribution in [3.05, 3.63) is 65.5 Å². The predicted octanol–water partition coefficient (Wildman–Crippen LogP) is 3.27. The van der Waals surface area contributed by atoms with Crippen LogP contribution in [0.3, 0.4) is 0 Å². The van der Waals surface area contributed by atoms with Gasteiger partial charge in [-0.15, -0.1) is 0 Å². The van der Waals surface area contributed by atoms with Crippen LogP contribution < -0.4 is 9.80 Å². The van der Waals surface area contributed by atoms with Crippen molar-refractivity contribution in [2.24, 2.45) is 0 Å². The highest BCUT2D eigenvalue weighted by Gasteiger charge is 2.33. The van der Waals surface area contributed by atoms with Crippen molar-refractivity contribution in [3.8, 4) is 11.1 Å². The Morgan fingerprint density at radius 1 is 1.14 bits per heavy atom. The summed E-state index contributed by atoms with van der Waals surface area (Å²) in [5.74, 6) is 0.683. The quantitative estimate of drug-likeness (QED) is 0.666. The maximum atomic E-state index is 12.9.